The van der Waals surface area contributed by atoms with Crippen molar-refractivity contribution in [1.82, 2.24) is 19.7 Å². The van der Waals surface area contributed by atoms with Crippen LogP contribution >= 0.6 is 11.8 Å². The van der Waals surface area contributed by atoms with E-state index in [2.05, 4.69) is 10.2 Å². The number of hydrogen-bond donors (Lipinski definition) is 0. The van der Waals surface area contributed by atoms with Gasteiger partial charge in [0.2, 0.25) is 5.91 Å². The Morgan fingerprint density at radius 3 is 2.67 bits per heavy atom. The lowest BCUT2D eigenvalue weighted by Gasteiger charge is -2.17. The summed E-state index contributed by atoms with van der Waals surface area (Å²) in [5, 5.41) is 8.43. The van der Waals surface area contributed by atoms with E-state index in [-0.39, 0.29) is 5.91 Å². The Labute approximate surface area is 93.9 Å². The van der Waals surface area contributed by atoms with E-state index in [0.717, 1.165) is 18.2 Å². The molecule has 0 unspecified atom stereocenters. The largest absolute Gasteiger partial charge is 0.343 e. The molecule has 0 fully saturated rings. The van der Waals surface area contributed by atoms with Gasteiger partial charge < -0.3 is 9.47 Å². The molecule has 0 aliphatic heterocycles. The average Bonchev–Trinajstić information content (AvgIpc) is 2.63. The van der Waals surface area contributed by atoms with Crippen molar-refractivity contribution in [3.8, 4) is 0 Å². The molecule has 5 nitrogen and oxygen atoms in total. The first-order chi connectivity index (χ1) is 7.19. The first kappa shape index (κ1) is 12.0. The van der Waals surface area contributed by atoms with Gasteiger partial charge in [0.1, 0.15) is 6.33 Å². The normalized spacial score (nSPS) is 10.3. The number of carbonyl (C=O) groups is 1. The molecule has 0 bridgehead atoms. The Morgan fingerprint density at radius 2 is 2.20 bits per heavy atom. The molecule has 15 heavy (non-hydrogen) atoms. The minimum Gasteiger partial charge on any atom is -0.343 e. The maximum Gasteiger partial charge on any atom is 0.233 e. The molecule has 0 radical (unpaired) electrons. The molecule has 0 aliphatic rings. The highest BCUT2D eigenvalue weighted by molar-refractivity contribution is 7.99. The molecule has 0 N–H and O–H groups in total. The number of aromatic nitrogens is 3. The summed E-state index contributed by atoms with van der Waals surface area (Å²) in [5.41, 5.74) is 0. The molecule has 0 aromatic carbocycles. The quantitative estimate of drug-likeness (QED) is 0.699. The van der Waals surface area contributed by atoms with Gasteiger partial charge >= 0.3 is 0 Å². The fourth-order valence-corrected chi connectivity index (χ4v) is 1.99. The molecule has 0 saturated carbocycles. The topological polar surface area (TPSA) is 51.0 Å². The van der Waals surface area contributed by atoms with Crippen LogP contribution in [-0.4, -0.2) is 44.4 Å². The summed E-state index contributed by atoms with van der Waals surface area (Å²) < 4.78 is 1.81. The van der Waals surface area contributed by atoms with Gasteiger partial charge in [0.15, 0.2) is 5.16 Å². The summed E-state index contributed by atoms with van der Waals surface area (Å²) in [4.78, 5) is 13.5. The van der Waals surface area contributed by atoms with Gasteiger partial charge in [-0.15, -0.1) is 10.2 Å². The maximum atomic E-state index is 11.7. The van der Waals surface area contributed by atoms with E-state index in [9.17, 15) is 4.79 Å². The van der Waals surface area contributed by atoms with Crippen LogP contribution in [0.25, 0.3) is 0 Å². The van der Waals surface area contributed by atoms with Crippen LogP contribution in [0.1, 0.15) is 13.8 Å². The van der Waals surface area contributed by atoms with Crippen molar-refractivity contribution < 1.29 is 4.79 Å². The van der Waals surface area contributed by atoms with E-state index in [4.69, 9.17) is 0 Å². The van der Waals surface area contributed by atoms with Crippen molar-refractivity contribution in [2.24, 2.45) is 7.05 Å². The lowest BCUT2D eigenvalue weighted by molar-refractivity contribution is -0.127. The number of nitrogens with zero attached hydrogens (tertiary/aromatic N) is 4. The SMILES string of the molecule is CCN(CC)C(=O)CSc1nncn1C. The molecular weight excluding hydrogens is 212 g/mol. The first-order valence-electron chi connectivity index (χ1n) is 4.93. The summed E-state index contributed by atoms with van der Waals surface area (Å²) in [5.74, 6) is 0.571. The second-order valence-corrected chi connectivity index (χ2v) is 4.02. The van der Waals surface area contributed by atoms with Crippen molar-refractivity contribution in [2.75, 3.05) is 18.8 Å². The molecule has 1 heterocycles. The predicted molar refractivity (Wildman–Crippen MR) is 59.7 cm³/mol. The summed E-state index contributed by atoms with van der Waals surface area (Å²) in [6.07, 6.45) is 1.63. The number of thioether (sulfide) groups is 1. The Balaban J connectivity index is 2.43. The molecule has 0 aliphatic carbocycles. The van der Waals surface area contributed by atoms with Gasteiger partial charge in [-0.2, -0.15) is 0 Å². The van der Waals surface area contributed by atoms with Crippen molar-refractivity contribution in [1.29, 1.82) is 0 Å². The minimum absolute atomic E-state index is 0.146. The predicted octanol–water partition coefficient (Wildman–Crippen LogP) is 0.776. The third kappa shape index (κ3) is 3.23. The van der Waals surface area contributed by atoms with Crippen molar-refractivity contribution in [3.05, 3.63) is 6.33 Å². The molecule has 1 aromatic heterocycles. The van der Waals surface area contributed by atoms with Crippen LogP contribution in [0.3, 0.4) is 0 Å². The van der Waals surface area contributed by atoms with Crippen LogP contribution < -0.4 is 0 Å². The van der Waals surface area contributed by atoms with Crippen molar-refractivity contribution >= 4 is 17.7 Å². The Bertz CT molecular complexity index is 322. The second kappa shape index (κ2) is 5.75. The number of aryl methyl sites for hydroxylation is 1. The summed E-state index contributed by atoms with van der Waals surface area (Å²) in [6, 6.07) is 0. The van der Waals surface area contributed by atoms with Gasteiger partial charge in [-0.25, -0.2) is 0 Å². The summed E-state index contributed by atoms with van der Waals surface area (Å²) in [6.45, 7) is 5.48. The number of hydrogen-bond acceptors (Lipinski definition) is 4. The van der Waals surface area contributed by atoms with Crippen LogP contribution in [0.15, 0.2) is 11.5 Å². The van der Waals surface area contributed by atoms with E-state index in [1.165, 1.54) is 11.8 Å². The smallest absolute Gasteiger partial charge is 0.233 e. The molecule has 0 spiro atoms. The fraction of sp³-hybridized carbons (Fsp3) is 0.667. The zero-order chi connectivity index (χ0) is 11.3. The molecule has 1 rings (SSSR count). The van der Waals surface area contributed by atoms with E-state index >= 15 is 0 Å². The highest BCUT2D eigenvalue weighted by atomic mass is 32.2. The number of rotatable bonds is 5. The molecule has 84 valence electrons. The van der Waals surface area contributed by atoms with Gasteiger partial charge in [-0.3, -0.25) is 4.79 Å². The van der Waals surface area contributed by atoms with Crippen molar-refractivity contribution in [3.63, 3.8) is 0 Å². The molecule has 1 aromatic rings. The summed E-state index contributed by atoms with van der Waals surface area (Å²) >= 11 is 1.42. The van der Waals surface area contributed by atoms with Crippen molar-refractivity contribution in [2.45, 2.75) is 19.0 Å². The van der Waals surface area contributed by atoms with Crippen LogP contribution in [0.5, 0.6) is 0 Å². The highest BCUT2D eigenvalue weighted by Gasteiger charge is 2.11. The van der Waals surface area contributed by atoms with Gasteiger partial charge in [0.25, 0.3) is 0 Å². The minimum atomic E-state index is 0.146. The second-order valence-electron chi connectivity index (χ2n) is 3.08. The van der Waals surface area contributed by atoms with Gasteiger partial charge in [0, 0.05) is 20.1 Å². The molecule has 1 amide bonds. The standard InChI is InChI=1S/C9H16N4OS/c1-4-13(5-2)8(14)6-15-9-11-10-7-12(9)3/h7H,4-6H2,1-3H3. The third-order valence-electron chi connectivity index (χ3n) is 2.11. The highest BCUT2D eigenvalue weighted by Crippen LogP contribution is 2.13. The van der Waals surface area contributed by atoms with Crippen LogP contribution in [-0.2, 0) is 11.8 Å². The maximum absolute atomic E-state index is 11.7. The number of carbonyl (C=O) groups excluding carboxylic acids is 1. The molecule has 0 saturated heterocycles. The average molecular weight is 228 g/mol. The monoisotopic (exact) mass is 228 g/mol. The van der Waals surface area contributed by atoms with Crippen LogP contribution in [0, 0.1) is 0 Å². The summed E-state index contributed by atoms with van der Waals surface area (Å²) in [7, 11) is 1.87. The zero-order valence-electron chi connectivity index (χ0n) is 9.30. The Kier molecular flexibility index (Phi) is 4.61. The molecule has 6 heteroatoms. The van der Waals surface area contributed by atoms with Crippen LogP contribution in [0.4, 0.5) is 0 Å². The zero-order valence-corrected chi connectivity index (χ0v) is 10.1. The lowest BCUT2D eigenvalue weighted by atomic mass is 10.5. The van der Waals surface area contributed by atoms with Gasteiger partial charge in [-0.1, -0.05) is 11.8 Å². The van der Waals surface area contributed by atoms with E-state index in [1.54, 1.807) is 10.9 Å². The Hall–Kier alpha value is -1.04. The van der Waals surface area contributed by atoms with E-state index in [0.29, 0.717) is 5.75 Å². The van der Waals surface area contributed by atoms with Crippen LogP contribution in [0.2, 0.25) is 0 Å². The van der Waals surface area contributed by atoms with Gasteiger partial charge in [-0.05, 0) is 13.8 Å². The van der Waals surface area contributed by atoms with E-state index in [1.807, 2.05) is 25.8 Å². The van der Waals surface area contributed by atoms with Gasteiger partial charge in [0.05, 0.1) is 5.75 Å². The fourth-order valence-electron chi connectivity index (χ4n) is 1.20. The molecule has 0 atom stereocenters. The third-order valence-corrected chi connectivity index (χ3v) is 3.13. The Morgan fingerprint density at radius 1 is 1.53 bits per heavy atom. The number of amides is 1. The lowest BCUT2D eigenvalue weighted by Crippen LogP contribution is -2.31. The first-order valence-corrected chi connectivity index (χ1v) is 5.92. The molecular formula is C9H16N4OS. The van der Waals surface area contributed by atoms with E-state index < -0.39 is 0 Å².